The minimum absolute atomic E-state index is 0. The van der Waals surface area contributed by atoms with Crippen LogP contribution in [0.5, 0.6) is 11.5 Å². The molecule has 2 aliphatic heterocycles. The summed E-state index contributed by atoms with van der Waals surface area (Å²) in [6, 6.07) is 6.90. The second kappa shape index (κ2) is 9.14. The van der Waals surface area contributed by atoms with Crippen molar-refractivity contribution < 1.29 is 9.47 Å². The van der Waals surface area contributed by atoms with Crippen LogP contribution >= 0.6 is 24.8 Å². The molecule has 1 aromatic carbocycles. The van der Waals surface area contributed by atoms with Gasteiger partial charge in [0.2, 0.25) is 6.79 Å². The maximum atomic E-state index is 5.83. The standard InChI is InChI=1S/C18H26N2O2.2ClH/c1-2-5-14(6-3-1)17(20-11-9-19-10-12-20)15-7-4-8-16-18(15)22-13-21-16;;/h4,7-8,14,17,19H,1-3,5-6,9-13H2;2*1H/t17-;;/m1../s1. The Balaban J connectivity index is 0.00000104. The van der Waals surface area contributed by atoms with Gasteiger partial charge in [0.15, 0.2) is 11.5 Å². The molecule has 136 valence electrons. The molecule has 1 aliphatic carbocycles. The van der Waals surface area contributed by atoms with Crippen LogP contribution in [0.25, 0.3) is 0 Å². The van der Waals surface area contributed by atoms with Crippen LogP contribution < -0.4 is 14.8 Å². The predicted molar refractivity (Wildman–Crippen MR) is 101 cm³/mol. The van der Waals surface area contributed by atoms with Crippen molar-refractivity contribution in [2.75, 3.05) is 33.0 Å². The molecule has 1 saturated carbocycles. The molecule has 0 unspecified atom stereocenters. The lowest BCUT2D eigenvalue weighted by molar-refractivity contribution is 0.0997. The molecule has 1 aromatic rings. The van der Waals surface area contributed by atoms with E-state index in [1.807, 2.05) is 6.07 Å². The maximum Gasteiger partial charge on any atom is 0.231 e. The maximum absolute atomic E-state index is 5.83. The summed E-state index contributed by atoms with van der Waals surface area (Å²) in [4.78, 5) is 2.67. The summed E-state index contributed by atoms with van der Waals surface area (Å²) in [7, 11) is 0. The van der Waals surface area contributed by atoms with E-state index in [1.165, 1.54) is 37.7 Å². The van der Waals surface area contributed by atoms with Crippen molar-refractivity contribution in [3.63, 3.8) is 0 Å². The average Bonchev–Trinajstić information content (AvgIpc) is 3.07. The van der Waals surface area contributed by atoms with E-state index in [0.717, 1.165) is 43.6 Å². The number of benzene rings is 1. The van der Waals surface area contributed by atoms with Crippen LogP contribution in [-0.2, 0) is 0 Å². The molecule has 0 spiro atoms. The van der Waals surface area contributed by atoms with E-state index in [1.54, 1.807) is 0 Å². The Kier molecular flexibility index (Phi) is 7.48. The highest BCUT2D eigenvalue weighted by Gasteiger charge is 2.34. The van der Waals surface area contributed by atoms with Gasteiger partial charge < -0.3 is 14.8 Å². The van der Waals surface area contributed by atoms with E-state index in [9.17, 15) is 0 Å². The van der Waals surface area contributed by atoms with Gasteiger partial charge in [-0.15, -0.1) is 24.8 Å². The Hall–Kier alpha value is -0.680. The van der Waals surface area contributed by atoms with Crippen molar-refractivity contribution in [3.8, 4) is 11.5 Å². The number of ether oxygens (including phenoxy) is 2. The predicted octanol–water partition coefficient (Wildman–Crippen LogP) is 3.79. The van der Waals surface area contributed by atoms with E-state index < -0.39 is 0 Å². The SMILES string of the molecule is Cl.Cl.c1cc2c(c([C@@H](C3CCCCC3)N3CCNCC3)c1)OCO2. The molecular weight excluding hydrogens is 347 g/mol. The van der Waals surface area contributed by atoms with Crippen LogP contribution in [0.2, 0.25) is 0 Å². The van der Waals surface area contributed by atoms with Gasteiger partial charge in [0, 0.05) is 37.8 Å². The highest BCUT2D eigenvalue weighted by Crippen LogP contribution is 2.46. The molecule has 1 N–H and O–H groups in total. The van der Waals surface area contributed by atoms with Crippen molar-refractivity contribution in [3.05, 3.63) is 23.8 Å². The first kappa shape index (κ1) is 19.6. The summed E-state index contributed by atoms with van der Waals surface area (Å²) >= 11 is 0. The molecule has 0 radical (unpaired) electrons. The van der Waals surface area contributed by atoms with Crippen LogP contribution in [-0.4, -0.2) is 37.9 Å². The molecule has 6 heteroatoms. The number of hydrogen-bond acceptors (Lipinski definition) is 4. The Bertz CT molecular complexity index is 500. The molecule has 4 nitrogen and oxygen atoms in total. The second-order valence-electron chi connectivity index (χ2n) is 6.71. The summed E-state index contributed by atoms with van der Waals surface area (Å²) in [5.41, 5.74) is 1.35. The van der Waals surface area contributed by atoms with Crippen molar-refractivity contribution in [1.82, 2.24) is 10.2 Å². The summed E-state index contributed by atoms with van der Waals surface area (Å²) < 4.78 is 11.4. The van der Waals surface area contributed by atoms with E-state index in [0.29, 0.717) is 12.8 Å². The molecule has 0 bridgehead atoms. The molecule has 0 aromatic heterocycles. The van der Waals surface area contributed by atoms with Gasteiger partial charge in [-0.05, 0) is 24.8 Å². The zero-order valence-electron chi connectivity index (χ0n) is 14.0. The minimum atomic E-state index is 0. The fourth-order valence-electron chi connectivity index (χ4n) is 4.34. The second-order valence-corrected chi connectivity index (χ2v) is 6.71. The Morgan fingerprint density at radius 2 is 1.75 bits per heavy atom. The average molecular weight is 375 g/mol. The first-order valence-electron chi connectivity index (χ1n) is 8.77. The first-order chi connectivity index (χ1) is 10.9. The third-order valence-electron chi connectivity index (χ3n) is 5.39. The highest BCUT2D eigenvalue weighted by molar-refractivity contribution is 5.85. The summed E-state index contributed by atoms with van der Waals surface area (Å²) in [5, 5.41) is 3.48. The van der Waals surface area contributed by atoms with Crippen LogP contribution in [0.3, 0.4) is 0 Å². The zero-order chi connectivity index (χ0) is 14.8. The Morgan fingerprint density at radius 3 is 2.50 bits per heavy atom. The number of halogens is 2. The molecule has 2 fully saturated rings. The van der Waals surface area contributed by atoms with Gasteiger partial charge in [-0.1, -0.05) is 31.4 Å². The third-order valence-corrected chi connectivity index (χ3v) is 5.39. The van der Waals surface area contributed by atoms with Crippen molar-refractivity contribution in [2.45, 2.75) is 38.1 Å². The van der Waals surface area contributed by atoms with Gasteiger partial charge in [0.05, 0.1) is 0 Å². The number of nitrogens with zero attached hydrogens (tertiary/aromatic N) is 1. The number of fused-ring (bicyclic) bond motifs is 1. The van der Waals surface area contributed by atoms with E-state index in [2.05, 4.69) is 22.3 Å². The Labute approximate surface area is 157 Å². The monoisotopic (exact) mass is 374 g/mol. The third kappa shape index (κ3) is 3.93. The van der Waals surface area contributed by atoms with Gasteiger partial charge in [-0.3, -0.25) is 4.90 Å². The van der Waals surface area contributed by atoms with Crippen molar-refractivity contribution in [2.24, 2.45) is 5.92 Å². The van der Waals surface area contributed by atoms with Crippen LogP contribution in [0.4, 0.5) is 0 Å². The fourth-order valence-corrected chi connectivity index (χ4v) is 4.34. The van der Waals surface area contributed by atoms with E-state index >= 15 is 0 Å². The number of rotatable bonds is 3. The summed E-state index contributed by atoms with van der Waals surface area (Å²) in [5.74, 6) is 2.67. The fraction of sp³-hybridized carbons (Fsp3) is 0.667. The summed E-state index contributed by atoms with van der Waals surface area (Å²) in [6.45, 7) is 4.81. The number of para-hydroxylation sites is 1. The van der Waals surface area contributed by atoms with Gasteiger partial charge in [-0.25, -0.2) is 0 Å². The largest absolute Gasteiger partial charge is 0.454 e. The molecule has 1 saturated heterocycles. The van der Waals surface area contributed by atoms with Crippen molar-refractivity contribution >= 4 is 24.8 Å². The molecule has 24 heavy (non-hydrogen) atoms. The number of nitrogens with one attached hydrogen (secondary N) is 1. The molecule has 1 atom stereocenters. The lowest BCUT2D eigenvalue weighted by Crippen LogP contribution is -2.47. The topological polar surface area (TPSA) is 33.7 Å². The molecule has 0 amide bonds. The normalized spacial score (nSPS) is 22.3. The zero-order valence-corrected chi connectivity index (χ0v) is 15.7. The molecular formula is C18H28Cl2N2O2. The number of piperazine rings is 1. The van der Waals surface area contributed by atoms with E-state index in [4.69, 9.17) is 9.47 Å². The van der Waals surface area contributed by atoms with Gasteiger partial charge >= 0.3 is 0 Å². The first-order valence-corrected chi connectivity index (χ1v) is 8.77. The lowest BCUT2D eigenvalue weighted by atomic mass is 9.80. The van der Waals surface area contributed by atoms with Crippen LogP contribution in [0, 0.1) is 5.92 Å². The molecule has 2 heterocycles. The van der Waals surface area contributed by atoms with E-state index in [-0.39, 0.29) is 24.8 Å². The van der Waals surface area contributed by atoms with Crippen LogP contribution in [0.1, 0.15) is 43.7 Å². The smallest absolute Gasteiger partial charge is 0.231 e. The van der Waals surface area contributed by atoms with Gasteiger partial charge in [0.25, 0.3) is 0 Å². The van der Waals surface area contributed by atoms with Crippen LogP contribution in [0.15, 0.2) is 18.2 Å². The molecule has 3 aliphatic rings. The lowest BCUT2D eigenvalue weighted by Gasteiger charge is -2.41. The minimum Gasteiger partial charge on any atom is -0.454 e. The van der Waals surface area contributed by atoms with Gasteiger partial charge in [-0.2, -0.15) is 0 Å². The molecule has 4 rings (SSSR count). The quantitative estimate of drug-likeness (QED) is 0.872. The van der Waals surface area contributed by atoms with Crippen molar-refractivity contribution in [1.29, 1.82) is 0 Å². The van der Waals surface area contributed by atoms with Gasteiger partial charge in [0.1, 0.15) is 0 Å². The summed E-state index contributed by atoms with van der Waals surface area (Å²) in [6.07, 6.45) is 6.84. The highest BCUT2D eigenvalue weighted by atomic mass is 35.5. The Morgan fingerprint density at radius 1 is 1.00 bits per heavy atom. The number of hydrogen-bond donors (Lipinski definition) is 1.